The first-order valence-corrected chi connectivity index (χ1v) is 6.84. The summed E-state index contributed by atoms with van der Waals surface area (Å²) in [4.78, 5) is 29.5. The Morgan fingerprint density at radius 1 is 1.40 bits per heavy atom. The summed E-state index contributed by atoms with van der Waals surface area (Å²) in [5.41, 5.74) is 0. The summed E-state index contributed by atoms with van der Waals surface area (Å²) in [6.07, 6.45) is 5.96. The number of carbonyl (C=O) groups excluding carboxylic acids is 2. The number of aromatic nitrogens is 2. The van der Waals surface area contributed by atoms with Crippen molar-refractivity contribution >= 4 is 11.8 Å². The smallest absolute Gasteiger partial charge is 0.312 e. The second kappa shape index (κ2) is 7.04. The van der Waals surface area contributed by atoms with E-state index in [2.05, 4.69) is 10.3 Å². The van der Waals surface area contributed by atoms with Gasteiger partial charge in [-0.2, -0.15) is 0 Å². The lowest BCUT2D eigenvalue weighted by Crippen LogP contribution is -2.50. The van der Waals surface area contributed by atoms with Gasteiger partial charge in [0.25, 0.3) is 0 Å². The third kappa shape index (κ3) is 3.80. The molecular formula is C13H20N4O3. The summed E-state index contributed by atoms with van der Waals surface area (Å²) in [5, 5.41) is 2.78. The summed E-state index contributed by atoms with van der Waals surface area (Å²) < 4.78 is 7.05. The van der Waals surface area contributed by atoms with Gasteiger partial charge in [0, 0.05) is 38.1 Å². The van der Waals surface area contributed by atoms with Crippen LogP contribution in [0.1, 0.15) is 13.3 Å². The Morgan fingerprint density at radius 2 is 2.15 bits per heavy atom. The van der Waals surface area contributed by atoms with Gasteiger partial charge in [0.15, 0.2) is 0 Å². The molecule has 0 aromatic carbocycles. The number of amides is 2. The molecule has 1 atom stereocenters. The normalized spacial score (nSPS) is 16.8. The summed E-state index contributed by atoms with van der Waals surface area (Å²) >= 11 is 0. The van der Waals surface area contributed by atoms with Crippen LogP contribution in [0.3, 0.4) is 0 Å². The van der Waals surface area contributed by atoms with E-state index in [-0.39, 0.29) is 6.04 Å². The molecule has 0 radical (unpaired) electrons. The van der Waals surface area contributed by atoms with Crippen LogP contribution < -0.4 is 5.32 Å². The standard InChI is InChI=1S/C13H20N4O3/c1-2-11(9-16-4-3-14-10-16)15-12(18)13(19)17-5-7-20-8-6-17/h3-4,10-11H,2,5-9H2,1H3,(H,15,18). The predicted octanol–water partition coefficient (Wildman–Crippen LogP) is -0.363. The lowest BCUT2D eigenvalue weighted by molar-refractivity contribution is -0.148. The monoisotopic (exact) mass is 280 g/mol. The Hall–Kier alpha value is -1.89. The fourth-order valence-corrected chi connectivity index (χ4v) is 2.08. The molecule has 0 aliphatic carbocycles. The SMILES string of the molecule is CCC(Cn1ccnc1)NC(=O)C(=O)N1CCOCC1. The summed E-state index contributed by atoms with van der Waals surface area (Å²) in [7, 11) is 0. The van der Waals surface area contributed by atoms with Crippen molar-refractivity contribution in [1.82, 2.24) is 19.8 Å². The van der Waals surface area contributed by atoms with E-state index < -0.39 is 11.8 Å². The highest BCUT2D eigenvalue weighted by atomic mass is 16.5. The number of morpholine rings is 1. The van der Waals surface area contributed by atoms with E-state index in [1.54, 1.807) is 12.5 Å². The molecule has 1 unspecified atom stereocenters. The number of hydrogen-bond donors (Lipinski definition) is 1. The zero-order chi connectivity index (χ0) is 14.4. The summed E-state index contributed by atoms with van der Waals surface area (Å²) in [6.45, 7) is 4.52. The molecule has 7 heteroatoms. The van der Waals surface area contributed by atoms with Gasteiger partial charge in [-0.3, -0.25) is 9.59 Å². The Labute approximate surface area is 117 Å². The molecule has 1 fully saturated rings. The van der Waals surface area contributed by atoms with Crippen LogP contribution in [0.25, 0.3) is 0 Å². The maximum Gasteiger partial charge on any atom is 0.312 e. The van der Waals surface area contributed by atoms with E-state index in [0.29, 0.717) is 32.8 Å². The number of ether oxygens (including phenoxy) is 1. The minimum absolute atomic E-state index is 0.0818. The molecule has 2 heterocycles. The first-order chi connectivity index (χ1) is 9.70. The van der Waals surface area contributed by atoms with Gasteiger partial charge in [-0.05, 0) is 6.42 Å². The Morgan fingerprint density at radius 3 is 2.75 bits per heavy atom. The molecule has 2 rings (SSSR count). The molecule has 20 heavy (non-hydrogen) atoms. The molecule has 7 nitrogen and oxygen atoms in total. The van der Waals surface area contributed by atoms with Crippen molar-refractivity contribution in [2.45, 2.75) is 25.9 Å². The fourth-order valence-electron chi connectivity index (χ4n) is 2.08. The van der Waals surface area contributed by atoms with Gasteiger partial charge in [0.2, 0.25) is 0 Å². The number of hydrogen-bond acceptors (Lipinski definition) is 4. The molecular weight excluding hydrogens is 260 g/mol. The predicted molar refractivity (Wildman–Crippen MR) is 71.8 cm³/mol. The molecule has 2 amide bonds. The number of rotatable bonds is 4. The average Bonchev–Trinajstić information content (AvgIpc) is 2.99. The summed E-state index contributed by atoms with van der Waals surface area (Å²) in [5.74, 6) is -1.02. The van der Waals surface area contributed by atoms with Crippen LogP contribution in [-0.4, -0.2) is 58.6 Å². The number of nitrogens with one attached hydrogen (secondary N) is 1. The van der Waals surface area contributed by atoms with Crippen LogP contribution >= 0.6 is 0 Å². The van der Waals surface area contributed by atoms with Gasteiger partial charge in [0.1, 0.15) is 0 Å². The molecule has 0 spiro atoms. The molecule has 1 aromatic rings. The molecule has 1 saturated heterocycles. The molecule has 0 bridgehead atoms. The van der Waals surface area contributed by atoms with Gasteiger partial charge in [-0.1, -0.05) is 6.92 Å². The van der Waals surface area contributed by atoms with Crippen molar-refractivity contribution in [3.8, 4) is 0 Å². The van der Waals surface area contributed by atoms with Gasteiger partial charge in [0.05, 0.1) is 19.5 Å². The second-order valence-electron chi connectivity index (χ2n) is 4.74. The minimum atomic E-state index is -0.543. The largest absolute Gasteiger partial charge is 0.378 e. The zero-order valence-corrected chi connectivity index (χ0v) is 11.6. The van der Waals surface area contributed by atoms with Crippen LogP contribution in [-0.2, 0) is 20.9 Å². The first-order valence-electron chi connectivity index (χ1n) is 6.84. The maximum absolute atomic E-state index is 12.0. The molecule has 1 aliphatic rings. The Balaban J connectivity index is 1.86. The van der Waals surface area contributed by atoms with Crippen molar-refractivity contribution in [3.63, 3.8) is 0 Å². The maximum atomic E-state index is 12.0. The van der Waals surface area contributed by atoms with Crippen LogP contribution in [0.2, 0.25) is 0 Å². The highest BCUT2D eigenvalue weighted by molar-refractivity contribution is 6.35. The lowest BCUT2D eigenvalue weighted by atomic mass is 10.2. The third-order valence-corrected chi connectivity index (χ3v) is 3.31. The van der Waals surface area contributed by atoms with Crippen molar-refractivity contribution < 1.29 is 14.3 Å². The molecule has 1 aromatic heterocycles. The summed E-state index contributed by atoms with van der Waals surface area (Å²) in [6, 6.07) is -0.0818. The van der Waals surface area contributed by atoms with Crippen molar-refractivity contribution in [3.05, 3.63) is 18.7 Å². The van der Waals surface area contributed by atoms with Gasteiger partial charge >= 0.3 is 11.8 Å². The van der Waals surface area contributed by atoms with Crippen LogP contribution in [0, 0.1) is 0 Å². The van der Waals surface area contributed by atoms with Gasteiger partial charge in [-0.15, -0.1) is 0 Å². The fraction of sp³-hybridized carbons (Fsp3) is 0.615. The van der Waals surface area contributed by atoms with Crippen molar-refractivity contribution in [1.29, 1.82) is 0 Å². The Bertz CT molecular complexity index is 440. The van der Waals surface area contributed by atoms with Gasteiger partial charge < -0.3 is 19.5 Å². The van der Waals surface area contributed by atoms with Crippen molar-refractivity contribution in [2.75, 3.05) is 26.3 Å². The molecule has 110 valence electrons. The van der Waals surface area contributed by atoms with E-state index in [9.17, 15) is 9.59 Å². The number of imidazole rings is 1. The van der Waals surface area contributed by atoms with Crippen molar-refractivity contribution in [2.24, 2.45) is 0 Å². The highest BCUT2D eigenvalue weighted by Gasteiger charge is 2.25. The van der Waals surface area contributed by atoms with Crippen LogP contribution in [0.4, 0.5) is 0 Å². The van der Waals surface area contributed by atoms with E-state index in [4.69, 9.17) is 4.74 Å². The van der Waals surface area contributed by atoms with Crippen LogP contribution in [0.15, 0.2) is 18.7 Å². The lowest BCUT2D eigenvalue weighted by Gasteiger charge is -2.27. The average molecular weight is 280 g/mol. The van der Waals surface area contributed by atoms with E-state index in [1.807, 2.05) is 17.7 Å². The third-order valence-electron chi connectivity index (χ3n) is 3.31. The first kappa shape index (κ1) is 14.5. The van der Waals surface area contributed by atoms with E-state index >= 15 is 0 Å². The van der Waals surface area contributed by atoms with Gasteiger partial charge in [-0.25, -0.2) is 4.98 Å². The van der Waals surface area contributed by atoms with Crippen LogP contribution in [0.5, 0.6) is 0 Å². The second-order valence-corrected chi connectivity index (χ2v) is 4.74. The highest BCUT2D eigenvalue weighted by Crippen LogP contribution is 2.00. The quantitative estimate of drug-likeness (QED) is 0.764. The molecule has 0 saturated carbocycles. The number of carbonyl (C=O) groups is 2. The minimum Gasteiger partial charge on any atom is -0.378 e. The van der Waals surface area contributed by atoms with E-state index in [1.165, 1.54) is 4.90 Å². The topological polar surface area (TPSA) is 76.5 Å². The van der Waals surface area contributed by atoms with E-state index in [0.717, 1.165) is 6.42 Å². The Kier molecular flexibility index (Phi) is 5.11. The molecule has 1 aliphatic heterocycles. The number of nitrogens with zero attached hydrogens (tertiary/aromatic N) is 3. The zero-order valence-electron chi connectivity index (χ0n) is 11.6. The molecule has 1 N–H and O–H groups in total.